The molecule has 0 N–H and O–H groups in total. The van der Waals surface area contributed by atoms with Gasteiger partial charge < -0.3 is 4.74 Å². The van der Waals surface area contributed by atoms with E-state index in [1.54, 1.807) is 18.9 Å². The predicted octanol–water partition coefficient (Wildman–Crippen LogP) is 6.49. The second-order valence-electron chi connectivity index (χ2n) is 9.59. The highest BCUT2D eigenvalue weighted by molar-refractivity contribution is 8.04. The van der Waals surface area contributed by atoms with Crippen LogP contribution >= 0.6 is 11.8 Å². The lowest BCUT2D eigenvalue weighted by Gasteiger charge is -2.57. The summed E-state index contributed by atoms with van der Waals surface area (Å²) in [4.78, 5) is 14.7. The third-order valence-corrected chi connectivity index (χ3v) is 8.84. The van der Waals surface area contributed by atoms with Crippen molar-refractivity contribution in [3.8, 4) is 5.75 Å². The molecule has 0 radical (unpaired) electrons. The molecule has 4 fully saturated rings. The molecule has 0 unspecified atom stereocenters. The van der Waals surface area contributed by atoms with Crippen molar-refractivity contribution in [2.24, 2.45) is 17.8 Å². The van der Waals surface area contributed by atoms with Gasteiger partial charge in [0.25, 0.3) is 0 Å². The minimum atomic E-state index is 0.132. The van der Waals surface area contributed by atoms with Crippen LogP contribution in [0.5, 0.6) is 5.75 Å². The maximum absolute atomic E-state index is 12.9. The highest BCUT2D eigenvalue weighted by Crippen LogP contribution is 2.61. The van der Waals surface area contributed by atoms with Gasteiger partial charge in [-0.25, -0.2) is 0 Å². The van der Waals surface area contributed by atoms with Gasteiger partial charge in [-0.1, -0.05) is 30.0 Å². The first-order valence-corrected chi connectivity index (χ1v) is 11.7. The molecule has 2 nitrogen and oxygen atoms in total. The highest BCUT2D eigenvalue weighted by atomic mass is 32.2. The summed E-state index contributed by atoms with van der Waals surface area (Å²) in [6, 6.07) is 14.6. The molecule has 29 heavy (non-hydrogen) atoms. The molecule has 0 atom stereocenters. The van der Waals surface area contributed by atoms with Gasteiger partial charge in [-0.15, -0.1) is 0 Å². The van der Waals surface area contributed by atoms with Crippen molar-refractivity contribution in [3.05, 3.63) is 64.1 Å². The molecule has 3 heteroatoms. The Morgan fingerprint density at radius 2 is 1.69 bits per heavy atom. The van der Waals surface area contributed by atoms with Crippen molar-refractivity contribution in [3.63, 3.8) is 0 Å². The number of ether oxygens (including phenoxy) is 1. The molecule has 4 aliphatic carbocycles. The van der Waals surface area contributed by atoms with E-state index in [0.717, 1.165) is 44.4 Å². The number of rotatable bonds is 3. The summed E-state index contributed by atoms with van der Waals surface area (Å²) in [6.45, 7) is 0. The molecule has 0 saturated heterocycles. The fourth-order valence-corrected chi connectivity index (χ4v) is 7.96. The number of hydrogen-bond donors (Lipinski definition) is 0. The molecule has 0 aromatic heterocycles. The van der Waals surface area contributed by atoms with Crippen molar-refractivity contribution in [1.29, 1.82) is 0 Å². The van der Waals surface area contributed by atoms with E-state index in [-0.39, 0.29) is 5.78 Å². The lowest BCUT2D eigenvalue weighted by Crippen LogP contribution is -2.48. The van der Waals surface area contributed by atoms with Crippen LogP contribution in [0.4, 0.5) is 0 Å². The van der Waals surface area contributed by atoms with E-state index in [4.69, 9.17) is 4.74 Å². The Morgan fingerprint density at radius 1 is 1.00 bits per heavy atom. The van der Waals surface area contributed by atoms with E-state index >= 15 is 0 Å². The maximum Gasteiger partial charge on any atom is 0.200 e. The Hall–Kier alpha value is -2.00. The number of allylic oxidation sites excluding steroid dienone is 1. The first-order chi connectivity index (χ1) is 14.1. The number of methoxy groups -OCH3 is 1. The van der Waals surface area contributed by atoms with Crippen molar-refractivity contribution in [1.82, 2.24) is 0 Å². The Kier molecular flexibility index (Phi) is 4.00. The summed E-state index contributed by atoms with van der Waals surface area (Å²) in [5.74, 6) is 3.76. The van der Waals surface area contributed by atoms with Crippen molar-refractivity contribution < 1.29 is 9.53 Å². The van der Waals surface area contributed by atoms with Crippen LogP contribution in [0, 0.1) is 17.8 Å². The largest absolute Gasteiger partial charge is 0.496 e. The highest BCUT2D eigenvalue weighted by Gasteiger charge is 2.51. The van der Waals surface area contributed by atoms with E-state index in [1.807, 2.05) is 24.3 Å². The van der Waals surface area contributed by atoms with Crippen molar-refractivity contribution in [2.75, 3.05) is 7.11 Å². The lowest BCUT2D eigenvalue weighted by atomic mass is 9.48. The van der Waals surface area contributed by atoms with Crippen LogP contribution in [0.1, 0.15) is 60.0 Å². The number of benzene rings is 2. The zero-order valence-electron chi connectivity index (χ0n) is 16.8. The number of Topliss-reactive ketones (excluding diaryl/α,β-unsaturated/α-hetero) is 1. The fraction of sp³-hybridized carbons (Fsp3) is 0.423. The van der Waals surface area contributed by atoms with Crippen LogP contribution in [0.25, 0.3) is 6.08 Å². The minimum absolute atomic E-state index is 0.132. The molecular formula is C26H26O2S. The van der Waals surface area contributed by atoms with Gasteiger partial charge in [-0.3, -0.25) is 4.79 Å². The lowest BCUT2D eigenvalue weighted by molar-refractivity contribution is -0.00521. The van der Waals surface area contributed by atoms with Crippen LogP contribution in [-0.2, 0) is 5.41 Å². The van der Waals surface area contributed by atoms with E-state index in [0.29, 0.717) is 5.41 Å². The number of hydrogen-bond acceptors (Lipinski definition) is 3. The van der Waals surface area contributed by atoms with Crippen LogP contribution < -0.4 is 4.74 Å². The molecule has 1 heterocycles. The Labute approximate surface area is 176 Å². The molecule has 1 aliphatic heterocycles. The average Bonchev–Trinajstić information content (AvgIpc) is 3.03. The monoisotopic (exact) mass is 402 g/mol. The number of thioether (sulfide) groups is 1. The molecule has 4 bridgehead atoms. The Bertz CT molecular complexity index is 999. The summed E-state index contributed by atoms with van der Waals surface area (Å²) in [6.07, 6.45) is 10.5. The topological polar surface area (TPSA) is 26.3 Å². The van der Waals surface area contributed by atoms with Gasteiger partial charge in [-0.05, 0) is 97.6 Å². The van der Waals surface area contributed by atoms with Crippen LogP contribution in [-0.4, -0.2) is 12.9 Å². The zero-order valence-corrected chi connectivity index (χ0v) is 17.6. The molecule has 148 valence electrons. The summed E-state index contributed by atoms with van der Waals surface area (Å²) in [5, 5.41) is 0. The zero-order chi connectivity index (χ0) is 19.6. The minimum Gasteiger partial charge on any atom is -0.496 e. The number of ketones is 1. The predicted molar refractivity (Wildman–Crippen MR) is 117 cm³/mol. The van der Waals surface area contributed by atoms with Crippen molar-refractivity contribution in [2.45, 2.75) is 48.8 Å². The van der Waals surface area contributed by atoms with Gasteiger partial charge in [0.1, 0.15) is 5.75 Å². The molecular weight excluding hydrogens is 376 g/mol. The molecule has 4 saturated carbocycles. The van der Waals surface area contributed by atoms with Crippen molar-refractivity contribution >= 4 is 23.6 Å². The molecule has 0 amide bonds. The Balaban J connectivity index is 1.40. The molecule has 2 aromatic carbocycles. The van der Waals surface area contributed by atoms with E-state index in [2.05, 4.69) is 24.3 Å². The van der Waals surface area contributed by atoms with Crippen LogP contribution in [0.3, 0.4) is 0 Å². The molecule has 7 rings (SSSR count). The number of carbonyl (C=O) groups is 1. The van der Waals surface area contributed by atoms with E-state index in [9.17, 15) is 4.79 Å². The second kappa shape index (κ2) is 6.50. The normalized spacial score (nSPS) is 33.3. The summed E-state index contributed by atoms with van der Waals surface area (Å²) in [7, 11) is 1.72. The Morgan fingerprint density at radius 3 is 2.34 bits per heavy atom. The fourth-order valence-electron chi connectivity index (χ4n) is 6.92. The smallest absolute Gasteiger partial charge is 0.200 e. The van der Waals surface area contributed by atoms with Gasteiger partial charge in [-0.2, -0.15) is 0 Å². The first-order valence-electron chi connectivity index (χ1n) is 10.9. The van der Waals surface area contributed by atoms with Crippen LogP contribution in [0.15, 0.2) is 52.3 Å². The third-order valence-electron chi connectivity index (χ3n) is 7.74. The standard InChI is InChI=1S/C26H26O2S/c1-28-22-7-6-20(26-13-16-8-17(14-26)10-18(9-16)15-26)11-19(22)12-24-25(27)21-4-2-3-5-23(21)29-24/h2-7,11-12,16-18H,8-10,13-15H2,1H3/b24-12-. The van der Waals surface area contributed by atoms with Gasteiger partial charge in [0.2, 0.25) is 5.78 Å². The second-order valence-corrected chi connectivity index (χ2v) is 10.7. The quantitative estimate of drug-likeness (QED) is 0.549. The van der Waals surface area contributed by atoms with Gasteiger partial charge >= 0.3 is 0 Å². The summed E-state index contributed by atoms with van der Waals surface area (Å²) in [5.41, 5.74) is 3.69. The summed E-state index contributed by atoms with van der Waals surface area (Å²) >= 11 is 1.58. The number of carbonyl (C=O) groups excluding carboxylic acids is 1. The summed E-state index contributed by atoms with van der Waals surface area (Å²) < 4.78 is 5.68. The number of fused-ring (bicyclic) bond motifs is 1. The average molecular weight is 403 g/mol. The molecule has 2 aromatic rings. The van der Waals surface area contributed by atoms with E-state index < -0.39 is 0 Å². The van der Waals surface area contributed by atoms with Crippen LogP contribution in [0.2, 0.25) is 0 Å². The van der Waals surface area contributed by atoms with Gasteiger partial charge in [0.05, 0.1) is 12.0 Å². The maximum atomic E-state index is 12.9. The molecule has 5 aliphatic rings. The third kappa shape index (κ3) is 2.81. The SMILES string of the molecule is COc1ccc(C23CC4CC(CC(C4)C2)C3)cc1/C=C1\Sc2ccccc2C1=O. The molecule has 0 spiro atoms. The van der Waals surface area contributed by atoms with E-state index in [1.165, 1.54) is 44.1 Å². The van der Waals surface area contributed by atoms with Gasteiger partial charge in [0.15, 0.2) is 0 Å². The van der Waals surface area contributed by atoms with Gasteiger partial charge in [0, 0.05) is 16.0 Å². The first kappa shape index (κ1) is 17.8.